The van der Waals surface area contributed by atoms with Gasteiger partial charge in [-0.3, -0.25) is 0 Å². The van der Waals surface area contributed by atoms with Crippen LogP contribution >= 0.6 is 0 Å². The Labute approximate surface area is 190 Å². The summed E-state index contributed by atoms with van der Waals surface area (Å²) in [6, 6.07) is 6.14. The topological polar surface area (TPSA) is 20.2 Å². The molecule has 3 fully saturated rings. The molecule has 1 aromatic carbocycles. The first kappa shape index (κ1) is 23.3. The van der Waals surface area contributed by atoms with Crippen molar-refractivity contribution in [1.29, 1.82) is 0 Å². The smallest absolute Gasteiger partial charge is 0.126 e. The van der Waals surface area contributed by atoms with Gasteiger partial charge in [-0.15, -0.1) is 0 Å². The maximum Gasteiger partial charge on any atom is 0.126 e. The summed E-state index contributed by atoms with van der Waals surface area (Å²) in [5.41, 5.74) is 2.12. The highest BCUT2D eigenvalue weighted by Crippen LogP contribution is 2.45. The Balaban J connectivity index is 1.24. The van der Waals surface area contributed by atoms with Gasteiger partial charge in [0.1, 0.15) is 5.82 Å². The molecule has 1 N–H and O–H groups in total. The van der Waals surface area contributed by atoms with Crippen LogP contribution in [0.3, 0.4) is 0 Å². The van der Waals surface area contributed by atoms with E-state index in [1.54, 1.807) is 0 Å². The number of hydrogen-bond acceptors (Lipinski definition) is 1. The molecule has 31 heavy (non-hydrogen) atoms. The van der Waals surface area contributed by atoms with E-state index in [4.69, 9.17) is 0 Å². The fourth-order valence-electron chi connectivity index (χ4n) is 7.07. The van der Waals surface area contributed by atoms with Crippen molar-refractivity contribution in [3.63, 3.8) is 0 Å². The fourth-order valence-corrected chi connectivity index (χ4v) is 7.07. The summed E-state index contributed by atoms with van der Waals surface area (Å²) in [5, 5.41) is 9.74. The van der Waals surface area contributed by atoms with Crippen LogP contribution in [0.1, 0.15) is 133 Å². The molecule has 0 spiro atoms. The fraction of sp³-hybridized carbons (Fsp3) is 0.793. The number of aliphatic hydroxyl groups excluding tert-OH is 1. The van der Waals surface area contributed by atoms with Crippen LogP contribution in [0.4, 0.5) is 4.39 Å². The molecule has 2 heteroatoms. The van der Waals surface area contributed by atoms with Crippen molar-refractivity contribution in [3.05, 3.63) is 35.1 Å². The van der Waals surface area contributed by atoms with E-state index in [-0.39, 0.29) is 11.9 Å². The Morgan fingerprint density at radius 1 is 0.774 bits per heavy atom. The van der Waals surface area contributed by atoms with Gasteiger partial charge < -0.3 is 5.11 Å². The molecule has 0 amide bonds. The summed E-state index contributed by atoms with van der Waals surface area (Å²) in [7, 11) is 0. The van der Waals surface area contributed by atoms with E-state index in [1.165, 1.54) is 82.6 Å². The third-order valence-corrected chi connectivity index (χ3v) is 9.18. The van der Waals surface area contributed by atoms with Crippen molar-refractivity contribution in [2.24, 2.45) is 17.8 Å². The number of unbranched alkanes of at least 4 members (excludes halogenated alkanes) is 2. The lowest BCUT2D eigenvalue weighted by Crippen LogP contribution is -2.25. The van der Waals surface area contributed by atoms with Crippen LogP contribution in [-0.4, -0.2) is 11.2 Å². The van der Waals surface area contributed by atoms with Crippen molar-refractivity contribution in [2.45, 2.75) is 128 Å². The predicted molar refractivity (Wildman–Crippen MR) is 128 cm³/mol. The molecule has 0 saturated heterocycles. The molecule has 3 aliphatic carbocycles. The summed E-state index contributed by atoms with van der Waals surface area (Å²) in [4.78, 5) is 0. The molecule has 4 rings (SSSR count). The van der Waals surface area contributed by atoms with Crippen LogP contribution < -0.4 is 0 Å². The van der Waals surface area contributed by atoms with Gasteiger partial charge >= 0.3 is 0 Å². The molecule has 174 valence electrons. The number of hydrogen-bond donors (Lipinski definition) is 1. The minimum atomic E-state index is -0.176. The lowest BCUT2D eigenvalue weighted by atomic mass is 9.68. The normalized spacial score (nSPS) is 34.5. The Bertz CT molecular complexity index is 661. The highest BCUT2D eigenvalue weighted by molar-refractivity contribution is 5.30. The third kappa shape index (κ3) is 6.12. The van der Waals surface area contributed by atoms with Crippen LogP contribution in [0.5, 0.6) is 0 Å². The van der Waals surface area contributed by atoms with Crippen molar-refractivity contribution < 1.29 is 9.50 Å². The molecule has 0 unspecified atom stereocenters. The molecule has 1 aromatic rings. The zero-order valence-electron chi connectivity index (χ0n) is 19.8. The summed E-state index contributed by atoms with van der Waals surface area (Å²) < 4.78 is 14.9. The van der Waals surface area contributed by atoms with Gasteiger partial charge in [-0.05, 0) is 111 Å². The Morgan fingerprint density at radius 3 is 2.00 bits per heavy atom. The SMILES string of the molecule is CCCCCC1CCC(C2CCC(c3ccc(C4CCC(O)CC4)c(F)c3)CC2)CC1. The van der Waals surface area contributed by atoms with Crippen molar-refractivity contribution in [3.8, 4) is 0 Å². The third-order valence-electron chi connectivity index (χ3n) is 9.18. The minimum absolute atomic E-state index is 0.00223. The monoisotopic (exact) mass is 428 g/mol. The van der Waals surface area contributed by atoms with Crippen LogP contribution in [0.2, 0.25) is 0 Å². The highest BCUT2D eigenvalue weighted by Gasteiger charge is 2.31. The zero-order chi connectivity index (χ0) is 21.6. The van der Waals surface area contributed by atoms with Crippen molar-refractivity contribution in [1.82, 2.24) is 0 Å². The summed E-state index contributed by atoms with van der Waals surface area (Å²) in [6.07, 6.45) is 20.0. The lowest BCUT2D eigenvalue weighted by molar-refractivity contribution is 0.122. The van der Waals surface area contributed by atoms with E-state index in [2.05, 4.69) is 19.1 Å². The van der Waals surface area contributed by atoms with Gasteiger partial charge in [0, 0.05) is 0 Å². The number of aliphatic hydroxyl groups is 1. The summed E-state index contributed by atoms with van der Waals surface area (Å²) in [6.45, 7) is 2.30. The van der Waals surface area contributed by atoms with Gasteiger partial charge in [-0.1, -0.05) is 57.6 Å². The second kappa shape index (κ2) is 11.3. The van der Waals surface area contributed by atoms with E-state index >= 15 is 0 Å². The molecule has 3 aliphatic rings. The standard InChI is InChI=1S/C29H45FO/c1-2-3-4-5-21-6-8-22(9-7-21)23-10-12-24(13-11-23)26-16-19-28(29(30)20-26)25-14-17-27(31)18-15-25/h16,19-25,27,31H,2-15,17-18H2,1H3. The average Bonchev–Trinajstić information content (AvgIpc) is 2.81. The molecule has 0 radical (unpaired) electrons. The second-order valence-corrected chi connectivity index (χ2v) is 11.2. The van der Waals surface area contributed by atoms with E-state index in [9.17, 15) is 9.50 Å². The van der Waals surface area contributed by atoms with E-state index in [1.807, 2.05) is 6.07 Å². The second-order valence-electron chi connectivity index (χ2n) is 11.2. The van der Waals surface area contributed by atoms with Gasteiger partial charge in [0.2, 0.25) is 0 Å². The highest BCUT2D eigenvalue weighted by atomic mass is 19.1. The lowest BCUT2D eigenvalue weighted by Gasteiger charge is -2.38. The molecule has 0 aliphatic heterocycles. The summed E-state index contributed by atoms with van der Waals surface area (Å²) in [5.74, 6) is 3.74. The molecule has 0 heterocycles. The van der Waals surface area contributed by atoms with Crippen LogP contribution in [-0.2, 0) is 0 Å². The molecule has 0 aromatic heterocycles. The van der Waals surface area contributed by atoms with Gasteiger partial charge in [0.05, 0.1) is 6.10 Å². The maximum absolute atomic E-state index is 14.9. The molecular formula is C29H45FO. The van der Waals surface area contributed by atoms with Crippen molar-refractivity contribution >= 4 is 0 Å². The molecule has 0 bridgehead atoms. The van der Waals surface area contributed by atoms with Crippen LogP contribution in [0.25, 0.3) is 0 Å². The number of rotatable bonds is 7. The summed E-state index contributed by atoms with van der Waals surface area (Å²) >= 11 is 0. The molecule has 3 saturated carbocycles. The van der Waals surface area contributed by atoms with Crippen LogP contribution in [0.15, 0.2) is 18.2 Å². The minimum Gasteiger partial charge on any atom is -0.393 e. The quantitative estimate of drug-likeness (QED) is 0.432. The molecule has 0 atom stereocenters. The first-order valence-electron chi connectivity index (χ1n) is 13.6. The van der Waals surface area contributed by atoms with E-state index < -0.39 is 0 Å². The molecule has 1 nitrogen and oxygen atoms in total. The number of benzene rings is 1. The average molecular weight is 429 g/mol. The van der Waals surface area contributed by atoms with Gasteiger partial charge in [-0.25, -0.2) is 4.39 Å². The Morgan fingerprint density at radius 2 is 1.39 bits per heavy atom. The predicted octanol–water partition coefficient (Wildman–Crippen LogP) is 8.50. The maximum atomic E-state index is 14.9. The number of halogens is 1. The van der Waals surface area contributed by atoms with Gasteiger partial charge in [0.25, 0.3) is 0 Å². The molecular weight excluding hydrogens is 383 g/mol. The Hall–Kier alpha value is -0.890. The van der Waals surface area contributed by atoms with Crippen LogP contribution in [0, 0.1) is 23.6 Å². The Kier molecular flexibility index (Phi) is 8.49. The first-order valence-corrected chi connectivity index (χ1v) is 13.6. The largest absolute Gasteiger partial charge is 0.393 e. The first-order chi connectivity index (χ1) is 15.1. The van der Waals surface area contributed by atoms with Crippen molar-refractivity contribution in [2.75, 3.05) is 0 Å². The zero-order valence-corrected chi connectivity index (χ0v) is 19.8. The van der Waals surface area contributed by atoms with E-state index in [0.29, 0.717) is 11.8 Å². The van der Waals surface area contributed by atoms with Gasteiger partial charge in [0.15, 0.2) is 0 Å². The van der Waals surface area contributed by atoms with Gasteiger partial charge in [-0.2, -0.15) is 0 Å². The van der Waals surface area contributed by atoms with E-state index in [0.717, 1.165) is 49.0 Å².